The standard InChI is InChI=1S/C18H29N3O3/c1-13-8-10-14(11-9-13)5-2-3-7-16(18(23)24)21-17(22)15(20)6-4-12-19/h8-11,15-16H,2-7,12,19-20H2,1H3,(H,21,22)(H,23,24)/t15-,16+/m1/s1. The fraction of sp³-hybridized carbons (Fsp3) is 0.556. The zero-order valence-electron chi connectivity index (χ0n) is 14.3. The molecule has 0 heterocycles. The van der Waals surface area contributed by atoms with Gasteiger partial charge >= 0.3 is 5.97 Å². The van der Waals surface area contributed by atoms with E-state index in [9.17, 15) is 14.7 Å². The molecule has 0 aliphatic carbocycles. The summed E-state index contributed by atoms with van der Waals surface area (Å²) in [4.78, 5) is 23.2. The molecule has 1 aromatic rings. The van der Waals surface area contributed by atoms with Crippen LogP contribution in [0.15, 0.2) is 24.3 Å². The Balaban J connectivity index is 2.36. The molecule has 6 heteroatoms. The molecule has 6 N–H and O–H groups in total. The minimum Gasteiger partial charge on any atom is -0.480 e. The predicted molar refractivity (Wildman–Crippen MR) is 94.6 cm³/mol. The molecule has 1 amide bonds. The highest BCUT2D eigenvalue weighted by atomic mass is 16.4. The van der Waals surface area contributed by atoms with Crippen LogP contribution in [0.2, 0.25) is 0 Å². The van der Waals surface area contributed by atoms with Crippen molar-refractivity contribution in [3.05, 3.63) is 35.4 Å². The third-order valence-corrected chi connectivity index (χ3v) is 4.00. The average Bonchev–Trinajstić information content (AvgIpc) is 2.56. The minimum atomic E-state index is -1.02. The van der Waals surface area contributed by atoms with Crippen molar-refractivity contribution in [2.24, 2.45) is 11.5 Å². The molecule has 0 aliphatic rings. The number of carbonyl (C=O) groups excluding carboxylic acids is 1. The number of carbonyl (C=O) groups is 2. The first-order valence-corrected chi connectivity index (χ1v) is 8.48. The van der Waals surface area contributed by atoms with Gasteiger partial charge in [-0.3, -0.25) is 4.79 Å². The van der Waals surface area contributed by atoms with Gasteiger partial charge in [-0.25, -0.2) is 4.79 Å². The lowest BCUT2D eigenvalue weighted by Gasteiger charge is -2.17. The lowest BCUT2D eigenvalue weighted by molar-refractivity contribution is -0.142. The molecule has 1 rings (SSSR count). The van der Waals surface area contributed by atoms with E-state index in [-0.39, 0.29) is 0 Å². The van der Waals surface area contributed by atoms with Gasteiger partial charge < -0.3 is 21.9 Å². The van der Waals surface area contributed by atoms with Crippen molar-refractivity contribution in [2.45, 2.75) is 57.5 Å². The van der Waals surface area contributed by atoms with Gasteiger partial charge in [-0.1, -0.05) is 36.2 Å². The Kier molecular flexibility index (Phi) is 9.04. The summed E-state index contributed by atoms with van der Waals surface area (Å²) in [6.07, 6.45) is 4.00. The number of amides is 1. The molecule has 0 fully saturated rings. The summed E-state index contributed by atoms with van der Waals surface area (Å²) in [5.41, 5.74) is 13.6. The second kappa shape index (κ2) is 10.8. The fourth-order valence-electron chi connectivity index (χ4n) is 2.44. The smallest absolute Gasteiger partial charge is 0.326 e. The van der Waals surface area contributed by atoms with Crippen LogP contribution < -0.4 is 16.8 Å². The summed E-state index contributed by atoms with van der Waals surface area (Å²) in [5.74, 6) is -1.45. The first-order chi connectivity index (χ1) is 11.4. The lowest BCUT2D eigenvalue weighted by Crippen LogP contribution is -2.48. The van der Waals surface area contributed by atoms with Crippen LogP contribution in [0, 0.1) is 6.92 Å². The number of aryl methyl sites for hydroxylation is 2. The van der Waals surface area contributed by atoms with Crippen LogP contribution in [-0.4, -0.2) is 35.6 Å². The molecule has 0 saturated heterocycles. The van der Waals surface area contributed by atoms with Gasteiger partial charge in [0, 0.05) is 0 Å². The number of nitrogens with two attached hydrogens (primary N) is 2. The number of rotatable bonds is 11. The van der Waals surface area contributed by atoms with E-state index in [1.54, 1.807) is 0 Å². The van der Waals surface area contributed by atoms with Crippen LogP contribution in [0.1, 0.15) is 43.2 Å². The Hall–Kier alpha value is -1.92. The SMILES string of the molecule is Cc1ccc(CCCC[C@H](NC(=O)[C@H](N)CCCN)C(=O)O)cc1. The molecule has 0 radical (unpaired) electrons. The van der Waals surface area contributed by atoms with Gasteiger partial charge in [0.25, 0.3) is 0 Å². The lowest BCUT2D eigenvalue weighted by atomic mass is 10.0. The molecular formula is C18H29N3O3. The molecule has 0 saturated carbocycles. The quantitative estimate of drug-likeness (QED) is 0.455. The number of unbranched alkanes of at least 4 members (excludes halogenated alkanes) is 1. The molecule has 2 atom stereocenters. The molecule has 0 unspecified atom stereocenters. The van der Waals surface area contributed by atoms with Crippen molar-refractivity contribution in [1.82, 2.24) is 5.32 Å². The molecule has 0 aliphatic heterocycles. The van der Waals surface area contributed by atoms with Gasteiger partial charge in [0.05, 0.1) is 6.04 Å². The highest BCUT2D eigenvalue weighted by molar-refractivity contribution is 5.86. The van der Waals surface area contributed by atoms with Gasteiger partial charge in [0.1, 0.15) is 6.04 Å². The maximum absolute atomic E-state index is 11.9. The van der Waals surface area contributed by atoms with E-state index in [4.69, 9.17) is 11.5 Å². The van der Waals surface area contributed by atoms with Gasteiger partial charge in [-0.2, -0.15) is 0 Å². The average molecular weight is 335 g/mol. The van der Waals surface area contributed by atoms with Gasteiger partial charge in [-0.15, -0.1) is 0 Å². The van der Waals surface area contributed by atoms with Crippen molar-refractivity contribution in [1.29, 1.82) is 0 Å². The predicted octanol–water partition coefficient (Wildman–Crippen LogP) is 1.34. The van der Waals surface area contributed by atoms with E-state index in [2.05, 4.69) is 29.6 Å². The first-order valence-electron chi connectivity index (χ1n) is 8.48. The van der Waals surface area contributed by atoms with Gasteiger partial charge in [-0.05, 0) is 51.1 Å². The highest BCUT2D eigenvalue weighted by Gasteiger charge is 2.22. The molecular weight excluding hydrogens is 306 g/mol. The van der Waals surface area contributed by atoms with Crippen LogP contribution in [0.4, 0.5) is 0 Å². The van der Waals surface area contributed by atoms with Crippen LogP contribution in [0.3, 0.4) is 0 Å². The summed E-state index contributed by atoms with van der Waals surface area (Å²) in [7, 11) is 0. The monoisotopic (exact) mass is 335 g/mol. The van der Waals surface area contributed by atoms with E-state index in [1.807, 2.05) is 6.92 Å². The molecule has 24 heavy (non-hydrogen) atoms. The van der Waals surface area contributed by atoms with E-state index >= 15 is 0 Å². The van der Waals surface area contributed by atoms with E-state index in [1.165, 1.54) is 11.1 Å². The summed E-state index contributed by atoms with van der Waals surface area (Å²) in [6.45, 7) is 2.50. The Labute approximate surface area is 143 Å². The van der Waals surface area contributed by atoms with Gasteiger partial charge in [0.15, 0.2) is 0 Å². The summed E-state index contributed by atoms with van der Waals surface area (Å²) in [6, 6.07) is 6.71. The maximum Gasteiger partial charge on any atom is 0.326 e. The molecule has 0 bridgehead atoms. The zero-order chi connectivity index (χ0) is 17.9. The molecule has 134 valence electrons. The zero-order valence-corrected chi connectivity index (χ0v) is 14.3. The number of carboxylic acids is 1. The largest absolute Gasteiger partial charge is 0.480 e. The summed E-state index contributed by atoms with van der Waals surface area (Å²) < 4.78 is 0. The maximum atomic E-state index is 11.9. The Morgan fingerprint density at radius 2 is 1.79 bits per heavy atom. The van der Waals surface area contributed by atoms with Crippen molar-refractivity contribution in [2.75, 3.05) is 6.54 Å². The number of hydrogen-bond acceptors (Lipinski definition) is 4. The fourth-order valence-corrected chi connectivity index (χ4v) is 2.44. The second-order valence-electron chi connectivity index (χ2n) is 6.17. The third kappa shape index (κ3) is 7.57. The van der Waals surface area contributed by atoms with Crippen LogP contribution in [0.5, 0.6) is 0 Å². The topological polar surface area (TPSA) is 118 Å². The van der Waals surface area contributed by atoms with Crippen LogP contribution in [-0.2, 0) is 16.0 Å². The second-order valence-corrected chi connectivity index (χ2v) is 6.17. The highest BCUT2D eigenvalue weighted by Crippen LogP contribution is 2.10. The Morgan fingerprint density at radius 1 is 1.12 bits per heavy atom. The Morgan fingerprint density at radius 3 is 2.38 bits per heavy atom. The number of aliphatic carboxylic acids is 1. The summed E-state index contributed by atoms with van der Waals surface area (Å²) in [5, 5.41) is 11.8. The number of nitrogens with one attached hydrogen (secondary N) is 1. The minimum absolute atomic E-state index is 0.399. The third-order valence-electron chi connectivity index (χ3n) is 4.00. The van der Waals surface area contributed by atoms with E-state index in [0.29, 0.717) is 25.8 Å². The van der Waals surface area contributed by atoms with Crippen molar-refractivity contribution in [3.63, 3.8) is 0 Å². The first kappa shape index (κ1) is 20.1. The number of hydrogen-bond donors (Lipinski definition) is 4. The van der Waals surface area contributed by atoms with Crippen molar-refractivity contribution < 1.29 is 14.7 Å². The molecule has 0 spiro atoms. The summed E-state index contributed by atoms with van der Waals surface area (Å²) >= 11 is 0. The molecule has 6 nitrogen and oxygen atoms in total. The number of benzene rings is 1. The van der Waals surface area contributed by atoms with Crippen LogP contribution in [0.25, 0.3) is 0 Å². The van der Waals surface area contributed by atoms with Crippen molar-refractivity contribution in [3.8, 4) is 0 Å². The van der Waals surface area contributed by atoms with Crippen LogP contribution >= 0.6 is 0 Å². The molecule has 1 aromatic carbocycles. The van der Waals surface area contributed by atoms with E-state index < -0.39 is 24.0 Å². The number of carboxylic acid groups (broad SMARTS) is 1. The normalized spacial score (nSPS) is 13.3. The van der Waals surface area contributed by atoms with E-state index in [0.717, 1.165) is 19.3 Å². The Bertz CT molecular complexity index is 517. The van der Waals surface area contributed by atoms with Gasteiger partial charge in [0.2, 0.25) is 5.91 Å². The van der Waals surface area contributed by atoms with Crippen molar-refractivity contribution >= 4 is 11.9 Å². The molecule has 0 aromatic heterocycles.